The molecule has 3 fully saturated rings. The Kier molecular flexibility index (Phi) is 3.39. The quantitative estimate of drug-likeness (QED) is 0.806. The van der Waals surface area contributed by atoms with Gasteiger partial charge in [-0.15, -0.1) is 0 Å². The van der Waals surface area contributed by atoms with E-state index >= 15 is 0 Å². The van der Waals surface area contributed by atoms with Crippen molar-refractivity contribution in [1.29, 1.82) is 0 Å². The third-order valence-corrected chi connectivity index (χ3v) is 8.03. The molecule has 0 spiro atoms. The summed E-state index contributed by atoms with van der Waals surface area (Å²) in [6, 6.07) is 0. The van der Waals surface area contributed by atoms with E-state index in [4.69, 9.17) is 0 Å². The van der Waals surface area contributed by atoms with Crippen molar-refractivity contribution >= 4 is 11.6 Å². The minimum atomic E-state index is -1.11. The molecule has 0 aromatic rings. The van der Waals surface area contributed by atoms with E-state index in [0.29, 0.717) is 42.3 Å². The summed E-state index contributed by atoms with van der Waals surface area (Å²) in [6.07, 6.45) is 9.51. The van der Waals surface area contributed by atoms with Gasteiger partial charge in [0.1, 0.15) is 5.60 Å². The topological polar surface area (TPSA) is 54.4 Å². The smallest absolute Gasteiger partial charge is 0.161 e. The normalized spacial score (nSPS) is 49.0. The summed E-state index contributed by atoms with van der Waals surface area (Å²) in [7, 11) is 0. The van der Waals surface area contributed by atoms with E-state index in [-0.39, 0.29) is 11.2 Å². The Morgan fingerprint density at radius 1 is 1.13 bits per heavy atom. The van der Waals surface area contributed by atoms with Crippen molar-refractivity contribution in [3.8, 4) is 0 Å². The van der Waals surface area contributed by atoms with E-state index in [2.05, 4.69) is 6.92 Å². The lowest BCUT2D eigenvalue weighted by Gasteiger charge is -2.55. The highest BCUT2D eigenvalue weighted by Crippen LogP contribution is 2.64. The molecule has 4 aliphatic carbocycles. The van der Waals surface area contributed by atoms with E-state index < -0.39 is 5.60 Å². The fourth-order valence-electron chi connectivity index (χ4n) is 6.78. The summed E-state index contributed by atoms with van der Waals surface area (Å²) in [4.78, 5) is 23.9. The van der Waals surface area contributed by atoms with Crippen molar-refractivity contribution in [1.82, 2.24) is 0 Å². The zero-order chi connectivity index (χ0) is 16.4. The summed E-state index contributed by atoms with van der Waals surface area (Å²) < 4.78 is 0. The van der Waals surface area contributed by atoms with Gasteiger partial charge in [0.25, 0.3) is 0 Å². The monoisotopic (exact) mass is 316 g/mol. The van der Waals surface area contributed by atoms with E-state index in [1.807, 2.05) is 6.08 Å². The first-order valence-electron chi connectivity index (χ1n) is 9.33. The fourth-order valence-corrected chi connectivity index (χ4v) is 6.78. The Balaban J connectivity index is 1.65. The maximum atomic E-state index is 12.2. The molecule has 0 amide bonds. The van der Waals surface area contributed by atoms with Crippen LogP contribution < -0.4 is 0 Å². The van der Waals surface area contributed by atoms with Gasteiger partial charge in [-0.2, -0.15) is 0 Å². The molecule has 3 nitrogen and oxygen atoms in total. The van der Waals surface area contributed by atoms with Crippen molar-refractivity contribution in [2.45, 2.75) is 70.8 Å². The van der Waals surface area contributed by atoms with Gasteiger partial charge in [-0.05, 0) is 81.6 Å². The molecule has 0 aliphatic heterocycles. The second kappa shape index (κ2) is 5.02. The summed E-state index contributed by atoms with van der Waals surface area (Å²) in [5, 5.41) is 11.1. The molecular formula is C20H28O3. The Labute approximate surface area is 138 Å². The summed E-state index contributed by atoms with van der Waals surface area (Å²) >= 11 is 0. The van der Waals surface area contributed by atoms with Crippen LogP contribution in [0.25, 0.3) is 0 Å². The molecule has 0 saturated heterocycles. The minimum absolute atomic E-state index is 0.0411. The van der Waals surface area contributed by atoms with Gasteiger partial charge >= 0.3 is 0 Å². The first-order valence-corrected chi connectivity index (χ1v) is 9.33. The highest BCUT2D eigenvalue weighted by molar-refractivity contribution is 5.91. The fraction of sp³-hybridized carbons (Fsp3) is 0.800. The van der Waals surface area contributed by atoms with Crippen LogP contribution >= 0.6 is 0 Å². The van der Waals surface area contributed by atoms with Crippen molar-refractivity contribution in [3.63, 3.8) is 0 Å². The van der Waals surface area contributed by atoms with Crippen LogP contribution in [-0.4, -0.2) is 22.3 Å². The Morgan fingerprint density at radius 2 is 1.91 bits per heavy atom. The molecule has 126 valence electrons. The molecule has 23 heavy (non-hydrogen) atoms. The highest BCUT2D eigenvalue weighted by atomic mass is 16.3. The maximum Gasteiger partial charge on any atom is 0.161 e. The third kappa shape index (κ3) is 1.98. The molecule has 0 heterocycles. The summed E-state index contributed by atoms with van der Waals surface area (Å²) in [5.41, 5.74) is 0.0402. The number of carbonyl (C=O) groups excluding carboxylic acids is 2. The van der Waals surface area contributed by atoms with Gasteiger partial charge in [0.15, 0.2) is 11.6 Å². The molecule has 3 saturated carbocycles. The van der Waals surface area contributed by atoms with Gasteiger partial charge in [-0.1, -0.05) is 12.5 Å². The number of allylic oxidation sites excluding steroid dienone is 1. The second-order valence-electron chi connectivity index (χ2n) is 8.71. The maximum absolute atomic E-state index is 12.2. The van der Waals surface area contributed by atoms with Gasteiger partial charge in [0.2, 0.25) is 0 Å². The summed E-state index contributed by atoms with van der Waals surface area (Å²) in [6.45, 7) is 3.73. The van der Waals surface area contributed by atoms with E-state index in [1.165, 1.54) is 5.57 Å². The van der Waals surface area contributed by atoms with Gasteiger partial charge in [-0.25, -0.2) is 0 Å². The predicted molar refractivity (Wildman–Crippen MR) is 87.7 cm³/mol. The Morgan fingerprint density at radius 3 is 2.65 bits per heavy atom. The van der Waals surface area contributed by atoms with Crippen LogP contribution in [0.5, 0.6) is 0 Å². The largest absolute Gasteiger partial charge is 0.382 e. The third-order valence-electron chi connectivity index (χ3n) is 8.03. The Hall–Kier alpha value is -0.960. The minimum Gasteiger partial charge on any atom is -0.382 e. The van der Waals surface area contributed by atoms with Gasteiger partial charge in [0.05, 0.1) is 0 Å². The molecule has 6 unspecified atom stereocenters. The van der Waals surface area contributed by atoms with Crippen LogP contribution in [0, 0.1) is 29.1 Å². The first kappa shape index (κ1) is 15.6. The first-order chi connectivity index (χ1) is 10.9. The molecule has 6 atom stereocenters. The number of ketones is 2. The molecule has 0 bridgehead atoms. The zero-order valence-corrected chi connectivity index (χ0v) is 14.3. The molecule has 1 N–H and O–H groups in total. The SMILES string of the molecule is CC(=O)C1(O)CCC2C3CCC4=CC(=O)CCC4C3CCC21C. The number of hydrogen-bond donors (Lipinski definition) is 1. The van der Waals surface area contributed by atoms with E-state index in [9.17, 15) is 14.7 Å². The number of hydrogen-bond acceptors (Lipinski definition) is 3. The second-order valence-corrected chi connectivity index (χ2v) is 8.71. The van der Waals surface area contributed by atoms with E-state index in [1.54, 1.807) is 6.92 Å². The van der Waals surface area contributed by atoms with E-state index in [0.717, 1.165) is 38.5 Å². The lowest BCUT2D eigenvalue weighted by Crippen LogP contribution is -2.55. The number of fused-ring (bicyclic) bond motifs is 5. The molecule has 0 radical (unpaired) electrons. The van der Waals surface area contributed by atoms with Crippen molar-refractivity contribution < 1.29 is 14.7 Å². The van der Waals surface area contributed by atoms with Crippen molar-refractivity contribution in [3.05, 3.63) is 11.6 Å². The predicted octanol–water partition coefficient (Wildman–Crippen LogP) is 3.45. The lowest BCUT2D eigenvalue weighted by atomic mass is 9.50. The molecule has 0 aromatic carbocycles. The van der Waals surface area contributed by atoms with Crippen LogP contribution in [0.2, 0.25) is 0 Å². The number of rotatable bonds is 1. The highest BCUT2D eigenvalue weighted by Gasteiger charge is 2.64. The number of Topliss-reactive ketones (excluding diaryl/α,β-unsaturated/α-hetero) is 1. The van der Waals surface area contributed by atoms with Crippen LogP contribution in [0.3, 0.4) is 0 Å². The average molecular weight is 316 g/mol. The Bertz CT molecular complexity index is 592. The molecule has 0 aromatic heterocycles. The van der Waals surface area contributed by atoms with Crippen LogP contribution in [0.4, 0.5) is 0 Å². The van der Waals surface area contributed by atoms with Crippen molar-refractivity contribution in [2.24, 2.45) is 29.1 Å². The van der Waals surface area contributed by atoms with Gasteiger partial charge in [-0.3, -0.25) is 9.59 Å². The molecule has 4 rings (SSSR count). The van der Waals surface area contributed by atoms with Gasteiger partial charge < -0.3 is 5.11 Å². The lowest BCUT2D eigenvalue weighted by molar-refractivity contribution is -0.157. The van der Waals surface area contributed by atoms with Crippen LogP contribution in [-0.2, 0) is 9.59 Å². The van der Waals surface area contributed by atoms with Crippen molar-refractivity contribution in [2.75, 3.05) is 0 Å². The standard InChI is InChI=1S/C20H28O3/c1-12(21)20(23)10-8-18-17-5-3-13-11-14(22)4-6-15(13)16(17)7-9-19(18,20)2/h11,15-18,23H,3-10H2,1-2H3. The number of carbonyl (C=O) groups is 2. The van der Waals surface area contributed by atoms with Crippen LogP contribution in [0.1, 0.15) is 65.2 Å². The number of aliphatic hydroxyl groups is 1. The molecular weight excluding hydrogens is 288 g/mol. The van der Waals surface area contributed by atoms with Gasteiger partial charge in [0, 0.05) is 11.8 Å². The average Bonchev–Trinajstić information content (AvgIpc) is 2.80. The zero-order valence-electron chi connectivity index (χ0n) is 14.3. The molecule has 4 aliphatic rings. The van der Waals surface area contributed by atoms with Crippen LogP contribution in [0.15, 0.2) is 11.6 Å². The summed E-state index contributed by atoms with van der Waals surface area (Å²) in [5.74, 6) is 2.60. The molecule has 3 heteroatoms.